The fourth-order valence-electron chi connectivity index (χ4n) is 3.83. The molecular weight excluding hydrogens is 336 g/mol. The molecule has 1 saturated carbocycles. The summed E-state index contributed by atoms with van der Waals surface area (Å²) >= 11 is 0. The molecule has 0 atom stereocenters. The SMILES string of the molecule is CC(C)CC1(C(=O)OCCn2cnc3c2c(=O)n(C)c(=O)n3C)CCC1. The number of hydrogen-bond donors (Lipinski definition) is 0. The first kappa shape index (κ1) is 18.4. The van der Waals surface area contributed by atoms with E-state index in [-0.39, 0.29) is 18.0 Å². The third-order valence-electron chi connectivity index (χ3n) is 5.33. The highest BCUT2D eigenvalue weighted by atomic mass is 16.5. The second-order valence-electron chi connectivity index (χ2n) is 7.68. The lowest BCUT2D eigenvalue weighted by Gasteiger charge is -2.40. The summed E-state index contributed by atoms with van der Waals surface area (Å²) < 4.78 is 9.56. The van der Waals surface area contributed by atoms with Crippen molar-refractivity contribution in [2.24, 2.45) is 25.4 Å². The number of carbonyl (C=O) groups is 1. The number of imidazole rings is 1. The van der Waals surface area contributed by atoms with Gasteiger partial charge in [-0.25, -0.2) is 9.78 Å². The van der Waals surface area contributed by atoms with Crippen molar-refractivity contribution in [1.29, 1.82) is 0 Å². The Bertz CT molecular complexity index is 946. The topological polar surface area (TPSA) is 88.1 Å². The highest BCUT2D eigenvalue weighted by Crippen LogP contribution is 2.46. The van der Waals surface area contributed by atoms with Gasteiger partial charge in [0.05, 0.1) is 18.3 Å². The second-order valence-corrected chi connectivity index (χ2v) is 7.68. The molecule has 0 saturated heterocycles. The zero-order valence-corrected chi connectivity index (χ0v) is 15.8. The first-order valence-electron chi connectivity index (χ1n) is 9.05. The molecule has 0 aromatic carbocycles. The maximum Gasteiger partial charge on any atom is 0.332 e. The summed E-state index contributed by atoms with van der Waals surface area (Å²) in [4.78, 5) is 41.1. The summed E-state index contributed by atoms with van der Waals surface area (Å²) in [5, 5.41) is 0. The van der Waals surface area contributed by atoms with Gasteiger partial charge in [-0.05, 0) is 25.2 Å². The van der Waals surface area contributed by atoms with Gasteiger partial charge in [-0.1, -0.05) is 20.3 Å². The standard InChI is InChI=1S/C18H26N4O4/c1-12(2)10-18(6-5-7-18)16(24)26-9-8-22-11-19-14-13(22)15(23)21(4)17(25)20(14)3/h11-12H,5-10H2,1-4H3. The molecular formula is C18H26N4O4. The van der Waals surface area contributed by atoms with Gasteiger partial charge in [-0.15, -0.1) is 0 Å². The molecule has 3 rings (SSSR count). The molecule has 0 unspecified atom stereocenters. The fourth-order valence-corrected chi connectivity index (χ4v) is 3.83. The highest BCUT2D eigenvalue weighted by Gasteiger charge is 2.45. The Morgan fingerprint density at radius 3 is 2.54 bits per heavy atom. The molecule has 1 fully saturated rings. The zero-order chi connectivity index (χ0) is 19.1. The summed E-state index contributed by atoms with van der Waals surface area (Å²) in [5.74, 6) is 0.312. The monoisotopic (exact) mass is 362 g/mol. The van der Waals surface area contributed by atoms with Crippen LogP contribution in [0.3, 0.4) is 0 Å². The average molecular weight is 362 g/mol. The van der Waals surface area contributed by atoms with Crippen molar-refractivity contribution in [3.05, 3.63) is 27.2 Å². The van der Waals surface area contributed by atoms with E-state index < -0.39 is 11.2 Å². The van der Waals surface area contributed by atoms with Crippen molar-refractivity contribution in [2.75, 3.05) is 6.61 Å². The molecule has 0 aliphatic heterocycles. The molecule has 8 heteroatoms. The van der Waals surface area contributed by atoms with Crippen LogP contribution in [0.5, 0.6) is 0 Å². The molecule has 0 spiro atoms. The number of esters is 1. The van der Waals surface area contributed by atoms with Crippen LogP contribution in [0.25, 0.3) is 11.2 Å². The van der Waals surface area contributed by atoms with Crippen LogP contribution in [0.15, 0.2) is 15.9 Å². The zero-order valence-electron chi connectivity index (χ0n) is 15.8. The minimum atomic E-state index is -0.417. The van der Waals surface area contributed by atoms with Gasteiger partial charge in [0.15, 0.2) is 11.2 Å². The summed E-state index contributed by atoms with van der Waals surface area (Å²) in [6.45, 7) is 4.74. The minimum Gasteiger partial charge on any atom is -0.463 e. The Balaban J connectivity index is 1.74. The Kier molecular flexibility index (Phi) is 4.77. The Labute approximate surface area is 151 Å². The van der Waals surface area contributed by atoms with Crippen molar-refractivity contribution in [3.63, 3.8) is 0 Å². The lowest BCUT2D eigenvalue weighted by molar-refractivity contribution is -0.163. The predicted molar refractivity (Wildman–Crippen MR) is 96.9 cm³/mol. The lowest BCUT2D eigenvalue weighted by Crippen LogP contribution is -2.41. The minimum absolute atomic E-state index is 0.137. The van der Waals surface area contributed by atoms with E-state index in [9.17, 15) is 14.4 Å². The Morgan fingerprint density at radius 1 is 1.27 bits per heavy atom. The van der Waals surface area contributed by atoms with Gasteiger partial charge in [0.2, 0.25) is 0 Å². The van der Waals surface area contributed by atoms with Crippen molar-refractivity contribution < 1.29 is 9.53 Å². The first-order chi connectivity index (χ1) is 12.3. The lowest BCUT2D eigenvalue weighted by atomic mass is 9.64. The number of aryl methyl sites for hydroxylation is 1. The highest BCUT2D eigenvalue weighted by molar-refractivity contribution is 5.78. The first-order valence-corrected chi connectivity index (χ1v) is 9.05. The van der Waals surface area contributed by atoms with E-state index >= 15 is 0 Å². The van der Waals surface area contributed by atoms with Crippen LogP contribution >= 0.6 is 0 Å². The molecule has 0 amide bonds. The second kappa shape index (κ2) is 6.74. The van der Waals surface area contributed by atoms with Gasteiger partial charge in [0, 0.05) is 14.1 Å². The maximum absolute atomic E-state index is 12.5. The fraction of sp³-hybridized carbons (Fsp3) is 0.667. The predicted octanol–water partition coefficient (Wildman–Crippen LogP) is 1.19. The molecule has 8 nitrogen and oxygen atoms in total. The average Bonchev–Trinajstić information content (AvgIpc) is 2.98. The molecule has 0 N–H and O–H groups in total. The summed E-state index contributed by atoms with van der Waals surface area (Å²) in [5.41, 5.74) is -0.474. The number of ether oxygens (including phenoxy) is 1. The number of aromatic nitrogens is 4. The van der Waals surface area contributed by atoms with E-state index in [0.29, 0.717) is 23.6 Å². The quantitative estimate of drug-likeness (QED) is 0.721. The smallest absolute Gasteiger partial charge is 0.332 e. The van der Waals surface area contributed by atoms with Crippen molar-refractivity contribution in [1.82, 2.24) is 18.7 Å². The maximum atomic E-state index is 12.5. The summed E-state index contributed by atoms with van der Waals surface area (Å²) in [7, 11) is 3.02. The third-order valence-corrected chi connectivity index (χ3v) is 5.33. The summed E-state index contributed by atoms with van der Waals surface area (Å²) in [6, 6.07) is 0. The number of fused-ring (bicyclic) bond motifs is 1. The molecule has 0 radical (unpaired) electrons. The van der Waals surface area contributed by atoms with Crippen molar-refractivity contribution >= 4 is 17.1 Å². The molecule has 26 heavy (non-hydrogen) atoms. The Hall–Kier alpha value is -2.38. The molecule has 142 valence electrons. The number of hydrogen-bond acceptors (Lipinski definition) is 5. The molecule has 2 aromatic rings. The van der Waals surface area contributed by atoms with Crippen LogP contribution in [0, 0.1) is 11.3 Å². The van der Waals surface area contributed by atoms with E-state index in [4.69, 9.17) is 4.74 Å². The molecule has 2 heterocycles. The number of nitrogens with zero attached hydrogens (tertiary/aromatic N) is 4. The van der Waals surface area contributed by atoms with Gasteiger partial charge in [0.1, 0.15) is 6.61 Å². The van der Waals surface area contributed by atoms with Gasteiger partial charge < -0.3 is 9.30 Å². The van der Waals surface area contributed by atoms with Crippen molar-refractivity contribution in [3.8, 4) is 0 Å². The van der Waals surface area contributed by atoms with Crippen LogP contribution in [-0.2, 0) is 30.2 Å². The van der Waals surface area contributed by atoms with Crippen LogP contribution in [0.1, 0.15) is 39.5 Å². The molecule has 0 bridgehead atoms. The largest absolute Gasteiger partial charge is 0.463 e. The van der Waals surface area contributed by atoms with Gasteiger partial charge >= 0.3 is 11.7 Å². The van der Waals surface area contributed by atoms with E-state index in [0.717, 1.165) is 30.3 Å². The van der Waals surface area contributed by atoms with E-state index in [1.165, 1.54) is 17.9 Å². The van der Waals surface area contributed by atoms with Gasteiger partial charge in [-0.3, -0.25) is 18.7 Å². The molecule has 2 aromatic heterocycles. The van der Waals surface area contributed by atoms with E-state index in [1.807, 2.05) is 0 Å². The third kappa shape index (κ3) is 2.97. The van der Waals surface area contributed by atoms with Crippen LogP contribution in [0.4, 0.5) is 0 Å². The van der Waals surface area contributed by atoms with Gasteiger partial charge in [0.25, 0.3) is 5.56 Å². The van der Waals surface area contributed by atoms with Gasteiger partial charge in [-0.2, -0.15) is 0 Å². The van der Waals surface area contributed by atoms with Crippen LogP contribution in [0.2, 0.25) is 0 Å². The number of carbonyl (C=O) groups excluding carboxylic acids is 1. The molecule has 1 aliphatic rings. The van der Waals surface area contributed by atoms with E-state index in [1.54, 1.807) is 11.6 Å². The van der Waals surface area contributed by atoms with Crippen LogP contribution in [-0.4, -0.2) is 31.3 Å². The molecule has 1 aliphatic carbocycles. The summed E-state index contributed by atoms with van der Waals surface area (Å²) in [6.07, 6.45) is 5.20. The number of rotatable bonds is 6. The van der Waals surface area contributed by atoms with Crippen LogP contribution < -0.4 is 11.2 Å². The normalized spacial score (nSPS) is 16.0. The van der Waals surface area contributed by atoms with Crippen molar-refractivity contribution in [2.45, 2.75) is 46.1 Å². The Morgan fingerprint density at radius 2 is 1.96 bits per heavy atom. The van der Waals surface area contributed by atoms with E-state index in [2.05, 4.69) is 18.8 Å².